The fourth-order valence-corrected chi connectivity index (χ4v) is 3.47. The zero-order chi connectivity index (χ0) is 19.2. The van der Waals surface area contributed by atoms with E-state index < -0.39 is 6.10 Å². The molecular formula is C23H30N2O2. The molecule has 1 N–H and O–H groups in total. The summed E-state index contributed by atoms with van der Waals surface area (Å²) in [6.45, 7) is 9.77. The van der Waals surface area contributed by atoms with E-state index in [1.165, 1.54) is 37.1 Å². The summed E-state index contributed by atoms with van der Waals surface area (Å²) in [6, 6.07) is 14.5. The molecule has 0 saturated carbocycles. The third-order valence-corrected chi connectivity index (χ3v) is 5.10. The van der Waals surface area contributed by atoms with E-state index in [1.807, 2.05) is 26.0 Å². The summed E-state index contributed by atoms with van der Waals surface area (Å²) in [5.74, 6) is 0.658. The van der Waals surface area contributed by atoms with Crippen LogP contribution in [0.15, 0.2) is 42.5 Å². The van der Waals surface area contributed by atoms with Crippen molar-refractivity contribution in [2.75, 3.05) is 13.1 Å². The number of carbonyl (C=O) groups is 1. The van der Waals surface area contributed by atoms with Gasteiger partial charge in [-0.15, -0.1) is 0 Å². The summed E-state index contributed by atoms with van der Waals surface area (Å²) < 4.78 is 5.83. The molecule has 0 spiro atoms. The summed E-state index contributed by atoms with van der Waals surface area (Å²) in [4.78, 5) is 14.8. The molecule has 3 rings (SSSR count). The number of hydrogen-bond acceptors (Lipinski definition) is 3. The molecule has 4 nitrogen and oxygen atoms in total. The van der Waals surface area contributed by atoms with Crippen LogP contribution in [0.5, 0.6) is 5.75 Å². The van der Waals surface area contributed by atoms with Crippen molar-refractivity contribution >= 4 is 5.91 Å². The number of aryl methyl sites for hydroxylation is 2. The van der Waals surface area contributed by atoms with Gasteiger partial charge >= 0.3 is 0 Å². The lowest BCUT2D eigenvalue weighted by Crippen LogP contribution is -2.36. The number of rotatable bonds is 7. The standard InChI is InChI=1S/C23H30N2O2/c1-17-6-11-22(18(2)14-17)27-19(3)23(26)24-15-20-7-9-21(10-8-20)16-25-12-4-5-13-25/h6-11,14,19H,4-5,12-13,15-16H2,1-3H3,(H,24,26). The van der Waals surface area contributed by atoms with Crippen LogP contribution in [0.3, 0.4) is 0 Å². The minimum Gasteiger partial charge on any atom is -0.481 e. The topological polar surface area (TPSA) is 41.6 Å². The Labute approximate surface area is 162 Å². The maximum atomic E-state index is 12.4. The van der Waals surface area contributed by atoms with Gasteiger partial charge in [-0.3, -0.25) is 9.69 Å². The van der Waals surface area contributed by atoms with Crippen LogP contribution in [0.1, 0.15) is 42.0 Å². The number of carbonyl (C=O) groups excluding carboxylic acids is 1. The minimum absolute atomic E-state index is 0.101. The third kappa shape index (κ3) is 5.57. The molecule has 2 aromatic carbocycles. The fraction of sp³-hybridized carbons (Fsp3) is 0.435. The molecule has 2 aromatic rings. The zero-order valence-electron chi connectivity index (χ0n) is 16.6. The van der Waals surface area contributed by atoms with E-state index in [-0.39, 0.29) is 5.91 Å². The molecule has 1 fully saturated rings. The first-order valence-electron chi connectivity index (χ1n) is 9.83. The van der Waals surface area contributed by atoms with Gasteiger partial charge in [0, 0.05) is 13.1 Å². The van der Waals surface area contributed by atoms with E-state index in [0.717, 1.165) is 23.4 Å². The van der Waals surface area contributed by atoms with Crippen molar-refractivity contribution < 1.29 is 9.53 Å². The number of benzene rings is 2. The average molecular weight is 367 g/mol. The van der Waals surface area contributed by atoms with Crippen LogP contribution in [0, 0.1) is 13.8 Å². The van der Waals surface area contributed by atoms with Crippen LogP contribution < -0.4 is 10.1 Å². The number of amides is 1. The molecule has 0 bridgehead atoms. The van der Waals surface area contributed by atoms with Crippen LogP contribution in [-0.2, 0) is 17.9 Å². The number of hydrogen-bond donors (Lipinski definition) is 1. The van der Waals surface area contributed by atoms with Crippen molar-refractivity contribution in [2.45, 2.75) is 52.8 Å². The van der Waals surface area contributed by atoms with Gasteiger partial charge in [-0.2, -0.15) is 0 Å². The van der Waals surface area contributed by atoms with E-state index in [2.05, 4.69) is 40.5 Å². The molecule has 1 unspecified atom stereocenters. The molecule has 0 radical (unpaired) electrons. The van der Waals surface area contributed by atoms with Crippen molar-refractivity contribution in [1.29, 1.82) is 0 Å². The third-order valence-electron chi connectivity index (χ3n) is 5.10. The highest BCUT2D eigenvalue weighted by atomic mass is 16.5. The SMILES string of the molecule is Cc1ccc(OC(C)C(=O)NCc2ccc(CN3CCCC3)cc2)c(C)c1. The first-order chi connectivity index (χ1) is 13.0. The Balaban J connectivity index is 1.47. The maximum Gasteiger partial charge on any atom is 0.261 e. The summed E-state index contributed by atoms with van der Waals surface area (Å²) >= 11 is 0. The van der Waals surface area contributed by atoms with E-state index in [1.54, 1.807) is 6.92 Å². The van der Waals surface area contributed by atoms with Crippen LogP contribution in [0.25, 0.3) is 0 Å². The molecule has 1 atom stereocenters. The molecular weight excluding hydrogens is 336 g/mol. The fourth-order valence-electron chi connectivity index (χ4n) is 3.47. The van der Waals surface area contributed by atoms with Gasteiger partial charge in [-0.25, -0.2) is 0 Å². The predicted molar refractivity (Wildman–Crippen MR) is 109 cm³/mol. The molecule has 0 aromatic heterocycles. The van der Waals surface area contributed by atoms with Gasteiger partial charge < -0.3 is 10.1 Å². The Morgan fingerprint density at radius 1 is 1.07 bits per heavy atom. The Morgan fingerprint density at radius 3 is 2.41 bits per heavy atom. The molecule has 27 heavy (non-hydrogen) atoms. The summed E-state index contributed by atoms with van der Waals surface area (Å²) in [7, 11) is 0. The van der Waals surface area contributed by atoms with Crippen LogP contribution >= 0.6 is 0 Å². The van der Waals surface area contributed by atoms with Gasteiger partial charge in [-0.1, -0.05) is 42.0 Å². The highest BCUT2D eigenvalue weighted by Crippen LogP contribution is 2.20. The highest BCUT2D eigenvalue weighted by Gasteiger charge is 2.15. The van der Waals surface area contributed by atoms with Gasteiger partial charge in [0.05, 0.1) is 0 Å². The van der Waals surface area contributed by atoms with Crippen molar-refractivity contribution in [1.82, 2.24) is 10.2 Å². The first-order valence-corrected chi connectivity index (χ1v) is 9.83. The van der Waals surface area contributed by atoms with Crippen LogP contribution in [-0.4, -0.2) is 30.0 Å². The molecule has 1 saturated heterocycles. The van der Waals surface area contributed by atoms with Crippen molar-refractivity contribution in [3.05, 3.63) is 64.7 Å². The van der Waals surface area contributed by atoms with Crippen molar-refractivity contribution in [3.8, 4) is 5.75 Å². The second-order valence-corrected chi connectivity index (χ2v) is 7.55. The second kappa shape index (κ2) is 9.05. The lowest BCUT2D eigenvalue weighted by atomic mass is 10.1. The molecule has 144 valence electrons. The number of ether oxygens (including phenoxy) is 1. The highest BCUT2D eigenvalue weighted by molar-refractivity contribution is 5.80. The van der Waals surface area contributed by atoms with Gasteiger partial charge in [-0.05, 0) is 69.5 Å². The van der Waals surface area contributed by atoms with E-state index in [0.29, 0.717) is 6.54 Å². The zero-order valence-corrected chi connectivity index (χ0v) is 16.6. The quantitative estimate of drug-likeness (QED) is 0.806. The Kier molecular flexibility index (Phi) is 6.51. The largest absolute Gasteiger partial charge is 0.481 e. The Bertz CT molecular complexity index is 764. The molecule has 1 aliphatic rings. The number of nitrogens with zero attached hydrogens (tertiary/aromatic N) is 1. The lowest BCUT2D eigenvalue weighted by Gasteiger charge is -2.17. The summed E-state index contributed by atoms with van der Waals surface area (Å²) in [5.41, 5.74) is 4.67. The molecule has 0 aliphatic carbocycles. The van der Waals surface area contributed by atoms with E-state index >= 15 is 0 Å². The number of likely N-dealkylation sites (tertiary alicyclic amines) is 1. The number of nitrogens with one attached hydrogen (secondary N) is 1. The maximum absolute atomic E-state index is 12.4. The molecule has 1 amide bonds. The van der Waals surface area contributed by atoms with Crippen molar-refractivity contribution in [3.63, 3.8) is 0 Å². The van der Waals surface area contributed by atoms with Crippen LogP contribution in [0.2, 0.25) is 0 Å². The summed E-state index contributed by atoms with van der Waals surface area (Å²) in [6.07, 6.45) is 2.10. The van der Waals surface area contributed by atoms with Gasteiger partial charge in [0.15, 0.2) is 6.10 Å². The Morgan fingerprint density at radius 2 is 1.74 bits per heavy atom. The van der Waals surface area contributed by atoms with Gasteiger partial charge in [0.2, 0.25) is 0 Å². The molecule has 1 heterocycles. The monoisotopic (exact) mass is 366 g/mol. The Hall–Kier alpha value is -2.33. The van der Waals surface area contributed by atoms with E-state index in [4.69, 9.17) is 4.74 Å². The first kappa shape index (κ1) is 19.4. The molecule has 1 aliphatic heterocycles. The van der Waals surface area contributed by atoms with Crippen LogP contribution in [0.4, 0.5) is 0 Å². The smallest absolute Gasteiger partial charge is 0.261 e. The van der Waals surface area contributed by atoms with Gasteiger partial charge in [0.25, 0.3) is 5.91 Å². The lowest BCUT2D eigenvalue weighted by molar-refractivity contribution is -0.127. The average Bonchev–Trinajstić information content (AvgIpc) is 3.16. The normalized spacial score (nSPS) is 15.5. The van der Waals surface area contributed by atoms with Crippen molar-refractivity contribution in [2.24, 2.45) is 0 Å². The minimum atomic E-state index is -0.527. The second-order valence-electron chi connectivity index (χ2n) is 7.55. The predicted octanol–water partition coefficient (Wildman–Crippen LogP) is 3.98. The van der Waals surface area contributed by atoms with E-state index in [9.17, 15) is 4.79 Å². The van der Waals surface area contributed by atoms with Gasteiger partial charge in [0.1, 0.15) is 5.75 Å². The molecule has 4 heteroatoms. The summed E-state index contributed by atoms with van der Waals surface area (Å²) in [5, 5.41) is 2.97.